The van der Waals surface area contributed by atoms with Gasteiger partial charge in [0.05, 0.1) is 5.69 Å². The standard InChI is InChI=1S/C13H23N3/c1-10(2)5-4-8-16-9-11(3)14-13(16)15-12-6-7-12/h9-10,12H,4-8H2,1-3H3,(H,14,15). The minimum absolute atomic E-state index is 0.686. The van der Waals surface area contributed by atoms with Gasteiger partial charge < -0.3 is 9.88 Å². The number of imidazole rings is 1. The van der Waals surface area contributed by atoms with Crippen LogP contribution < -0.4 is 5.32 Å². The summed E-state index contributed by atoms with van der Waals surface area (Å²) in [6.45, 7) is 7.72. The first kappa shape index (κ1) is 11.5. The largest absolute Gasteiger partial charge is 0.353 e. The number of hydrogen-bond donors (Lipinski definition) is 1. The summed E-state index contributed by atoms with van der Waals surface area (Å²) in [5, 5.41) is 3.50. The van der Waals surface area contributed by atoms with Gasteiger partial charge in [0.25, 0.3) is 0 Å². The molecular weight excluding hydrogens is 198 g/mol. The van der Waals surface area contributed by atoms with Gasteiger partial charge in [-0.1, -0.05) is 13.8 Å². The van der Waals surface area contributed by atoms with Crippen LogP contribution in [0.1, 0.15) is 45.2 Å². The molecule has 3 heteroatoms. The lowest BCUT2D eigenvalue weighted by Gasteiger charge is -2.09. The summed E-state index contributed by atoms with van der Waals surface area (Å²) in [4.78, 5) is 4.54. The van der Waals surface area contributed by atoms with Gasteiger partial charge in [-0.3, -0.25) is 0 Å². The van der Waals surface area contributed by atoms with E-state index in [-0.39, 0.29) is 0 Å². The van der Waals surface area contributed by atoms with Gasteiger partial charge in [-0.2, -0.15) is 0 Å². The molecule has 0 saturated heterocycles. The second-order valence-corrected chi connectivity index (χ2v) is 5.35. The van der Waals surface area contributed by atoms with E-state index in [1.165, 1.54) is 25.7 Å². The summed E-state index contributed by atoms with van der Waals surface area (Å²) in [7, 11) is 0. The van der Waals surface area contributed by atoms with Gasteiger partial charge >= 0.3 is 0 Å². The molecule has 1 saturated carbocycles. The van der Waals surface area contributed by atoms with Crippen LogP contribution in [0.5, 0.6) is 0 Å². The Hall–Kier alpha value is -0.990. The maximum Gasteiger partial charge on any atom is 0.203 e. The van der Waals surface area contributed by atoms with Gasteiger partial charge in [0.2, 0.25) is 5.95 Å². The molecule has 2 rings (SSSR count). The van der Waals surface area contributed by atoms with Crippen LogP contribution in [0.3, 0.4) is 0 Å². The number of anilines is 1. The second kappa shape index (κ2) is 4.89. The van der Waals surface area contributed by atoms with Crippen molar-refractivity contribution in [1.29, 1.82) is 0 Å². The lowest BCUT2D eigenvalue weighted by Crippen LogP contribution is -2.09. The molecule has 0 bridgehead atoms. The SMILES string of the molecule is Cc1cn(CCCC(C)C)c(NC2CC2)n1. The van der Waals surface area contributed by atoms with E-state index >= 15 is 0 Å². The molecule has 1 N–H and O–H groups in total. The maximum atomic E-state index is 4.54. The molecule has 0 spiro atoms. The Labute approximate surface area is 98.3 Å². The van der Waals surface area contributed by atoms with Gasteiger partial charge in [-0.05, 0) is 38.5 Å². The molecule has 1 aliphatic rings. The number of aromatic nitrogens is 2. The molecule has 0 unspecified atom stereocenters. The zero-order valence-corrected chi connectivity index (χ0v) is 10.7. The molecule has 0 amide bonds. The lowest BCUT2D eigenvalue weighted by molar-refractivity contribution is 0.513. The first-order valence-electron chi connectivity index (χ1n) is 6.45. The van der Waals surface area contributed by atoms with Gasteiger partial charge in [0.15, 0.2) is 0 Å². The van der Waals surface area contributed by atoms with Crippen molar-refractivity contribution in [3.05, 3.63) is 11.9 Å². The highest BCUT2D eigenvalue weighted by molar-refractivity contribution is 5.32. The van der Waals surface area contributed by atoms with Crippen LogP contribution in [-0.4, -0.2) is 15.6 Å². The monoisotopic (exact) mass is 221 g/mol. The number of nitrogens with zero attached hydrogens (tertiary/aromatic N) is 2. The van der Waals surface area contributed by atoms with E-state index in [9.17, 15) is 0 Å². The fraction of sp³-hybridized carbons (Fsp3) is 0.769. The second-order valence-electron chi connectivity index (χ2n) is 5.35. The minimum atomic E-state index is 0.686. The molecule has 1 aromatic rings. The van der Waals surface area contributed by atoms with Gasteiger partial charge in [0.1, 0.15) is 0 Å². The summed E-state index contributed by atoms with van der Waals surface area (Å²) in [5.74, 6) is 1.87. The molecule has 1 aromatic heterocycles. The van der Waals surface area contributed by atoms with E-state index in [2.05, 4.69) is 41.8 Å². The molecule has 16 heavy (non-hydrogen) atoms. The highest BCUT2D eigenvalue weighted by Crippen LogP contribution is 2.24. The van der Waals surface area contributed by atoms with Crippen molar-refractivity contribution in [2.24, 2.45) is 5.92 Å². The van der Waals surface area contributed by atoms with Crippen LogP contribution >= 0.6 is 0 Å². The van der Waals surface area contributed by atoms with Crippen LogP contribution in [0, 0.1) is 12.8 Å². The minimum Gasteiger partial charge on any atom is -0.353 e. The van der Waals surface area contributed by atoms with Crippen molar-refractivity contribution in [2.75, 3.05) is 5.32 Å². The van der Waals surface area contributed by atoms with Gasteiger partial charge in [-0.25, -0.2) is 4.98 Å². The molecule has 1 aliphatic carbocycles. The van der Waals surface area contributed by atoms with Crippen molar-refractivity contribution >= 4 is 5.95 Å². The van der Waals surface area contributed by atoms with E-state index < -0.39 is 0 Å². The Morgan fingerprint density at radius 3 is 2.88 bits per heavy atom. The number of nitrogens with one attached hydrogen (secondary N) is 1. The molecule has 0 aliphatic heterocycles. The van der Waals surface area contributed by atoms with Crippen LogP contribution in [0.15, 0.2) is 6.20 Å². The van der Waals surface area contributed by atoms with Crippen LogP contribution in [-0.2, 0) is 6.54 Å². The summed E-state index contributed by atoms with van der Waals surface area (Å²) in [6, 6.07) is 0.686. The molecule has 0 radical (unpaired) electrons. The Balaban J connectivity index is 1.90. The summed E-state index contributed by atoms with van der Waals surface area (Å²) >= 11 is 0. The molecule has 1 fully saturated rings. The fourth-order valence-electron chi connectivity index (χ4n) is 1.91. The van der Waals surface area contributed by atoms with E-state index in [4.69, 9.17) is 0 Å². The number of hydrogen-bond acceptors (Lipinski definition) is 2. The molecule has 1 heterocycles. The van der Waals surface area contributed by atoms with E-state index in [0.29, 0.717) is 6.04 Å². The Bertz CT molecular complexity index is 337. The van der Waals surface area contributed by atoms with Gasteiger partial charge in [-0.15, -0.1) is 0 Å². The van der Waals surface area contributed by atoms with Crippen LogP contribution in [0.2, 0.25) is 0 Å². The van der Waals surface area contributed by atoms with Crippen LogP contribution in [0.4, 0.5) is 5.95 Å². The normalized spacial score (nSPS) is 15.8. The zero-order valence-electron chi connectivity index (χ0n) is 10.7. The van der Waals surface area contributed by atoms with Crippen molar-refractivity contribution < 1.29 is 0 Å². The molecule has 3 nitrogen and oxygen atoms in total. The first-order valence-corrected chi connectivity index (χ1v) is 6.45. The van der Waals surface area contributed by atoms with E-state index in [1.807, 2.05) is 0 Å². The van der Waals surface area contributed by atoms with E-state index in [1.54, 1.807) is 0 Å². The van der Waals surface area contributed by atoms with Crippen molar-refractivity contribution in [3.8, 4) is 0 Å². The predicted molar refractivity (Wildman–Crippen MR) is 67.7 cm³/mol. The third-order valence-corrected chi connectivity index (χ3v) is 2.99. The Kier molecular flexibility index (Phi) is 3.52. The average molecular weight is 221 g/mol. The Morgan fingerprint density at radius 2 is 2.25 bits per heavy atom. The van der Waals surface area contributed by atoms with Crippen LogP contribution in [0.25, 0.3) is 0 Å². The number of aryl methyl sites for hydroxylation is 2. The highest BCUT2D eigenvalue weighted by Gasteiger charge is 2.22. The van der Waals surface area contributed by atoms with Gasteiger partial charge in [0, 0.05) is 18.8 Å². The lowest BCUT2D eigenvalue weighted by atomic mass is 10.1. The highest BCUT2D eigenvalue weighted by atomic mass is 15.2. The topological polar surface area (TPSA) is 29.9 Å². The average Bonchev–Trinajstić information content (AvgIpc) is 2.92. The van der Waals surface area contributed by atoms with Crippen molar-refractivity contribution in [2.45, 2.75) is 59.0 Å². The van der Waals surface area contributed by atoms with Crippen molar-refractivity contribution in [3.63, 3.8) is 0 Å². The zero-order chi connectivity index (χ0) is 11.5. The quantitative estimate of drug-likeness (QED) is 0.799. The van der Waals surface area contributed by atoms with E-state index in [0.717, 1.165) is 24.1 Å². The summed E-state index contributed by atoms with van der Waals surface area (Å²) in [5.41, 5.74) is 1.12. The molecule has 90 valence electrons. The third-order valence-electron chi connectivity index (χ3n) is 2.99. The third kappa shape index (κ3) is 3.26. The first-order chi connectivity index (χ1) is 7.65. The smallest absolute Gasteiger partial charge is 0.203 e. The molecule has 0 aromatic carbocycles. The maximum absolute atomic E-state index is 4.54. The van der Waals surface area contributed by atoms with Crippen molar-refractivity contribution in [1.82, 2.24) is 9.55 Å². The summed E-state index contributed by atoms with van der Waals surface area (Å²) < 4.78 is 2.27. The summed E-state index contributed by atoms with van der Waals surface area (Å²) in [6.07, 6.45) is 7.30. The fourth-order valence-corrected chi connectivity index (χ4v) is 1.91. The molecule has 0 atom stereocenters. The Morgan fingerprint density at radius 1 is 1.50 bits per heavy atom. The number of rotatable bonds is 6. The predicted octanol–water partition coefficient (Wildman–Crippen LogP) is 3.20. The molecular formula is C13H23N3.